The van der Waals surface area contributed by atoms with Crippen molar-refractivity contribution in [3.8, 4) is 5.75 Å². The second-order valence-corrected chi connectivity index (χ2v) is 8.19. The normalized spacial score (nSPS) is 18.5. The lowest BCUT2D eigenvalue weighted by Gasteiger charge is -2.29. The lowest BCUT2D eigenvalue weighted by atomic mass is 9.82. The summed E-state index contributed by atoms with van der Waals surface area (Å²) in [7, 11) is 1.32. The Kier molecular flexibility index (Phi) is 7.85. The topological polar surface area (TPSA) is 126 Å². The molecule has 0 saturated heterocycles. The number of hydrogen-bond donors (Lipinski definition) is 1. The molecule has 0 unspecified atom stereocenters. The van der Waals surface area contributed by atoms with E-state index in [4.69, 9.17) is 29.8 Å². The van der Waals surface area contributed by atoms with Crippen molar-refractivity contribution in [3.63, 3.8) is 0 Å². The monoisotopic (exact) mass is 486 g/mol. The van der Waals surface area contributed by atoms with Crippen molar-refractivity contribution >= 4 is 17.6 Å². The molecule has 9 heteroatoms. The zero-order valence-corrected chi connectivity index (χ0v) is 19.8. The number of aliphatic hydroxyl groups excluding tert-OH is 1. The van der Waals surface area contributed by atoms with Gasteiger partial charge < -0.3 is 19.3 Å². The molecule has 0 spiro atoms. The van der Waals surface area contributed by atoms with E-state index in [0.717, 1.165) is 5.56 Å². The molecule has 1 N–H and O–H groups in total. The van der Waals surface area contributed by atoms with Gasteiger partial charge in [0.2, 0.25) is 11.4 Å². The van der Waals surface area contributed by atoms with Crippen LogP contribution >= 0.6 is 0 Å². The van der Waals surface area contributed by atoms with E-state index in [9.17, 15) is 4.79 Å². The molecule has 0 aromatic heterocycles. The Hall–Kier alpha value is -4.33. The first-order chi connectivity index (χ1) is 17.6. The van der Waals surface area contributed by atoms with Crippen molar-refractivity contribution < 1.29 is 24.1 Å². The highest BCUT2D eigenvalue weighted by atomic mass is 16.5. The number of carbonyl (C=O) groups is 1. The molecule has 3 aromatic rings. The molecule has 0 bridgehead atoms. The molecule has 9 nitrogen and oxygen atoms in total. The van der Waals surface area contributed by atoms with Crippen LogP contribution in [0.25, 0.3) is 10.4 Å². The van der Waals surface area contributed by atoms with Gasteiger partial charge in [0.15, 0.2) is 6.10 Å². The molecule has 1 heterocycles. The van der Waals surface area contributed by atoms with Crippen LogP contribution in [0.15, 0.2) is 89.0 Å². The Balaban J connectivity index is 1.78. The van der Waals surface area contributed by atoms with Crippen LogP contribution in [-0.2, 0) is 20.7 Å². The fourth-order valence-electron chi connectivity index (χ4n) is 4.16. The number of carbonyl (C=O) groups excluding carboxylic acids is 1. The number of esters is 1. The van der Waals surface area contributed by atoms with Gasteiger partial charge in [-0.3, -0.25) is 0 Å². The highest BCUT2D eigenvalue weighted by Crippen LogP contribution is 2.44. The molecule has 3 aromatic carbocycles. The van der Waals surface area contributed by atoms with Crippen LogP contribution in [0.1, 0.15) is 29.2 Å². The second kappa shape index (κ2) is 11.4. The zero-order valence-electron chi connectivity index (χ0n) is 19.8. The number of azide groups is 1. The first-order valence-corrected chi connectivity index (χ1v) is 11.5. The quantitative estimate of drug-likeness (QED) is 0.141. The smallest absolute Gasteiger partial charge is 0.338 e. The highest BCUT2D eigenvalue weighted by molar-refractivity contribution is 6.00. The average molecular weight is 487 g/mol. The van der Waals surface area contributed by atoms with Crippen LogP contribution in [0.5, 0.6) is 5.75 Å². The van der Waals surface area contributed by atoms with Crippen molar-refractivity contribution in [2.45, 2.75) is 24.5 Å². The maximum absolute atomic E-state index is 13.4. The summed E-state index contributed by atoms with van der Waals surface area (Å²) in [5, 5.41) is 12.7. The van der Waals surface area contributed by atoms with E-state index in [0.29, 0.717) is 35.6 Å². The van der Waals surface area contributed by atoms with E-state index in [1.54, 1.807) is 42.5 Å². The summed E-state index contributed by atoms with van der Waals surface area (Å²) in [5.41, 5.74) is 10.0. The molecule has 0 fully saturated rings. The van der Waals surface area contributed by atoms with Gasteiger partial charge in [0.25, 0.3) is 0 Å². The van der Waals surface area contributed by atoms with E-state index < -0.39 is 17.6 Å². The van der Waals surface area contributed by atoms with Crippen LogP contribution in [0, 0.1) is 0 Å². The molecule has 2 atom stereocenters. The van der Waals surface area contributed by atoms with Crippen LogP contribution in [0.2, 0.25) is 0 Å². The lowest BCUT2D eigenvalue weighted by Crippen LogP contribution is -2.44. The molecule has 0 aliphatic carbocycles. The van der Waals surface area contributed by atoms with Gasteiger partial charge in [0.1, 0.15) is 5.75 Å². The van der Waals surface area contributed by atoms with Crippen molar-refractivity contribution in [3.05, 3.63) is 106 Å². The van der Waals surface area contributed by atoms with Gasteiger partial charge in [0.05, 0.1) is 13.7 Å². The zero-order chi connectivity index (χ0) is 25.4. The molecule has 4 rings (SSSR count). The number of aliphatic imine (C=N–C) groups is 1. The summed E-state index contributed by atoms with van der Waals surface area (Å²) >= 11 is 0. The summed E-state index contributed by atoms with van der Waals surface area (Å²) in [6, 6.07) is 23.6. The van der Waals surface area contributed by atoms with Crippen LogP contribution < -0.4 is 4.74 Å². The molecule has 0 saturated carbocycles. The number of benzene rings is 3. The predicted molar refractivity (Wildman–Crippen MR) is 134 cm³/mol. The van der Waals surface area contributed by atoms with Gasteiger partial charge in [0, 0.05) is 35.6 Å². The fraction of sp³-hybridized carbons (Fsp3) is 0.259. The van der Waals surface area contributed by atoms with Gasteiger partial charge in [-0.05, 0) is 40.9 Å². The highest BCUT2D eigenvalue weighted by Gasteiger charge is 2.54. The van der Waals surface area contributed by atoms with Crippen molar-refractivity contribution in [2.75, 3.05) is 20.3 Å². The number of hydrogen-bond acceptors (Lipinski definition) is 7. The summed E-state index contributed by atoms with van der Waals surface area (Å²) in [4.78, 5) is 21.2. The van der Waals surface area contributed by atoms with Gasteiger partial charge in [-0.2, -0.15) is 0 Å². The number of ether oxygens (including phenoxy) is 3. The summed E-state index contributed by atoms with van der Waals surface area (Å²) < 4.78 is 17.2. The number of methoxy groups -OCH3 is 1. The minimum absolute atomic E-state index is 0.0576. The number of aliphatic hydroxyl groups is 1. The fourth-order valence-corrected chi connectivity index (χ4v) is 4.16. The predicted octanol–water partition coefficient (Wildman–Crippen LogP) is 5.06. The largest absolute Gasteiger partial charge is 0.494 e. The van der Waals surface area contributed by atoms with Gasteiger partial charge in [-0.25, -0.2) is 9.79 Å². The number of nitrogens with zero attached hydrogens (tertiary/aromatic N) is 4. The minimum Gasteiger partial charge on any atom is -0.494 e. The molecular formula is C27H26N4O5. The Labute approximate surface area is 208 Å². The van der Waals surface area contributed by atoms with Crippen molar-refractivity contribution in [1.82, 2.24) is 0 Å². The summed E-state index contributed by atoms with van der Waals surface area (Å²) in [6.07, 6.45) is -0.143. The van der Waals surface area contributed by atoms with Crippen LogP contribution in [0.4, 0.5) is 5.69 Å². The maximum atomic E-state index is 13.4. The molecule has 1 aliphatic heterocycles. The maximum Gasteiger partial charge on any atom is 0.338 e. The van der Waals surface area contributed by atoms with Gasteiger partial charge in [-0.1, -0.05) is 59.7 Å². The van der Waals surface area contributed by atoms with Gasteiger partial charge >= 0.3 is 5.97 Å². The Bertz CT molecular complexity index is 1270. The SMILES string of the molecule is COC(=O)[C@@]1(Cc2ccccc2N=[N+]=[N-])N=C(c2ccc(OCCCO)cc2)O[C@H]1c1ccccc1. The van der Waals surface area contributed by atoms with E-state index in [2.05, 4.69) is 10.0 Å². The molecular weight excluding hydrogens is 460 g/mol. The molecule has 184 valence electrons. The van der Waals surface area contributed by atoms with E-state index in [1.165, 1.54) is 7.11 Å². The van der Waals surface area contributed by atoms with Crippen LogP contribution in [-0.4, -0.2) is 42.8 Å². The van der Waals surface area contributed by atoms with Gasteiger partial charge in [-0.15, -0.1) is 0 Å². The Morgan fingerprint density at radius 1 is 1.11 bits per heavy atom. The minimum atomic E-state index is -1.46. The molecule has 0 radical (unpaired) electrons. The third kappa shape index (κ3) is 5.17. The number of rotatable bonds is 10. The Morgan fingerprint density at radius 2 is 1.83 bits per heavy atom. The standard InChI is InChI=1S/C27H26N4O5/c1-34-26(33)27(18-21-10-5-6-11-23(21)30-31-28)24(19-8-3-2-4-9-19)36-25(29-27)20-12-14-22(15-13-20)35-17-7-16-32/h2-6,8-15,24,32H,7,16-18H2,1H3/t24-,27-/m0/s1. The molecule has 36 heavy (non-hydrogen) atoms. The third-order valence-electron chi connectivity index (χ3n) is 5.88. The lowest BCUT2D eigenvalue weighted by molar-refractivity contribution is -0.149. The van der Waals surface area contributed by atoms with E-state index in [1.807, 2.05) is 36.4 Å². The van der Waals surface area contributed by atoms with E-state index in [-0.39, 0.29) is 18.9 Å². The van der Waals surface area contributed by atoms with Crippen LogP contribution in [0.3, 0.4) is 0 Å². The molecule has 0 amide bonds. The first-order valence-electron chi connectivity index (χ1n) is 11.5. The summed E-state index contributed by atoms with van der Waals surface area (Å²) in [6.45, 7) is 0.460. The summed E-state index contributed by atoms with van der Waals surface area (Å²) in [5.74, 6) is 0.372. The van der Waals surface area contributed by atoms with Crippen molar-refractivity contribution in [1.29, 1.82) is 0 Å². The first kappa shape index (κ1) is 24.8. The molecule has 1 aliphatic rings. The average Bonchev–Trinajstić information content (AvgIpc) is 3.31. The van der Waals surface area contributed by atoms with E-state index >= 15 is 0 Å². The second-order valence-electron chi connectivity index (χ2n) is 8.19. The van der Waals surface area contributed by atoms with Crippen molar-refractivity contribution in [2.24, 2.45) is 10.1 Å². The Morgan fingerprint density at radius 3 is 2.53 bits per heavy atom. The third-order valence-corrected chi connectivity index (χ3v) is 5.88.